The molecule has 1 atom stereocenters. The van der Waals surface area contributed by atoms with Crippen molar-refractivity contribution in [2.75, 3.05) is 6.61 Å². The molecular formula is C8H12BrNO3. The number of esters is 1. The molecule has 0 aliphatic carbocycles. The summed E-state index contributed by atoms with van der Waals surface area (Å²) in [6.07, 6.45) is 1.84. The van der Waals surface area contributed by atoms with E-state index >= 15 is 0 Å². The first-order valence-corrected chi connectivity index (χ1v) is 5.05. The van der Waals surface area contributed by atoms with Crippen LogP contribution >= 0.6 is 15.9 Å². The number of hydrogen-bond acceptors (Lipinski definition) is 4. The maximum Gasteiger partial charge on any atom is 0.305 e. The largest absolute Gasteiger partial charge is 0.462 e. The van der Waals surface area contributed by atoms with Crippen LogP contribution in [0.4, 0.5) is 0 Å². The summed E-state index contributed by atoms with van der Waals surface area (Å²) in [6.45, 7) is 2.23. The lowest BCUT2D eigenvalue weighted by molar-refractivity contribution is -0.147. The summed E-state index contributed by atoms with van der Waals surface area (Å²) in [5, 5.41) is 3.68. The van der Waals surface area contributed by atoms with Gasteiger partial charge in [-0.3, -0.25) is 4.79 Å². The van der Waals surface area contributed by atoms with Gasteiger partial charge in [-0.1, -0.05) is 12.1 Å². The van der Waals surface area contributed by atoms with Gasteiger partial charge in [-0.25, -0.2) is 0 Å². The fourth-order valence-corrected chi connectivity index (χ4v) is 1.39. The highest BCUT2D eigenvalue weighted by Gasteiger charge is 2.20. The van der Waals surface area contributed by atoms with Crippen LogP contribution in [0.5, 0.6) is 0 Å². The average molecular weight is 250 g/mol. The van der Waals surface area contributed by atoms with Gasteiger partial charge in [0.15, 0.2) is 6.10 Å². The molecule has 0 spiro atoms. The van der Waals surface area contributed by atoms with E-state index < -0.39 is 0 Å². The van der Waals surface area contributed by atoms with Crippen LogP contribution < -0.4 is 0 Å². The number of carbonyl (C=O) groups excluding carboxylic acids is 1. The third-order valence-corrected chi connectivity index (χ3v) is 2.05. The molecule has 13 heavy (non-hydrogen) atoms. The molecule has 0 bridgehead atoms. The van der Waals surface area contributed by atoms with E-state index in [-0.39, 0.29) is 18.7 Å². The lowest BCUT2D eigenvalue weighted by Crippen LogP contribution is -2.18. The van der Waals surface area contributed by atoms with E-state index in [0.717, 1.165) is 11.0 Å². The van der Waals surface area contributed by atoms with Crippen LogP contribution in [-0.4, -0.2) is 23.3 Å². The zero-order valence-electron chi connectivity index (χ0n) is 7.46. The second-order valence-electron chi connectivity index (χ2n) is 2.83. The van der Waals surface area contributed by atoms with Crippen molar-refractivity contribution < 1.29 is 14.4 Å². The molecule has 4 nitrogen and oxygen atoms in total. The number of rotatable bonds is 4. The Bertz CT molecular complexity index is 217. The SMILES string of the molecule is CCCC(=O)OC[C@@H]1CC(Br)=NO1. The predicted molar refractivity (Wildman–Crippen MR) is 51.7 cm³/mol. The summed E-state index contributed by atoms with van der Waals surface area (Å²) >= 11 is 3.20. The molecule has 1 aliphatic rings. The first-order chi connectivity index (χ1) is 6.22. The van der Waals surface area contributed by atoms with E-state index in [1.807, 2.05) is 6.92 Å². The van der Waals surface area contributed by atoms with Gasteiger partial charge in [-0.05, 0) is 22.4 Å². The molecule has 0 radical (unpaired) electrons. The summed E-state index contributed by atoms with van der Waals surface area (Å²) in [4.78, 5) is 15.9. The second-order valence-corrected chi connectivity index (χ2v) is 3.75. The highest BCUT2D eigenvalue weighted by atomic mass is 79.9. The highest BCUT2D eigenvalue weighted by molar-refractivity contribution is 9.18. The minimum absolute atomic E-state index is 0.116. The third-order valence-electron chi connectivity index (χ3n) is 1.58. The predicted octanol–water partition coefficient (Wildman–Crippen LogP) is 1.83. The van der Waals surface area contributed by atoms with Crippen molar-refractivity contribution in [1.82, 2.24) is 0 Å². The van der Waals surface area contributed by atoms with Crippen LogP contribution in [0, 0.1) is 0 Å². The van der Waals surface area contributed by atoms with Crippen LogP contribution in [0.1, 0.15) is 26.2 Å². The number of ether oxygens (including phenoxy) is 1. The molecule has 1 aliphatic heterocycles. The standard InChI is InChI=1S/C8H12BrNO3/c1-2-3-8(11)12-5-6-4-7(9)10-13-6/h6H,2-5H2,1H3/t6-/m0/s1. The highest BCUT2D eigenvalue weighted by Crippen LogP contribution is 2.14. The summed E-state index contributed by atoms with van der Waals surface area (Å²) < 4.78 is 5.72. The molecule has 0 unspecified atom stereocenters. The van der Waals surface area contributed by atoms with Crippen LogP contribution in [0.3, 0.4) is 0 Å². The number of oxime groups is 1. The fraction of sp³-hybridized carbons (Fsp3) is 0.750. The van der Waals surface area contributed by atoms with Crippen molar-refractivity contribution in [1.29, 1.82) is 0 Å². The van der Waals surface area contributed by atoms with Crippen LogP contribution in [0.2, 0.25) is 0 Å². The maximum atomic E-state index is 11.0. The zero-order chi connectivity index (χ0) is 9.68. The minimum Gasteiger partial charge on any atom is -0.462 e. The molecule has 0 saturated carbocycles. The van der Waals surface area contributed by atoms with Crippen LogP contribution in [-0.2, 0) is 14.4 Å². The van der Waals surface area contributed by atoms with E-state index in [4.69, 9.17) is 9.57 Å². The Morgan fingerprint density at radius 1 is 1.85 bits per heavy atom. The van der Waals surface area contributed by atoms with Crippen molar-refractivity contribution >= 4 is 26.5 Å². The van der Waals surface area contributed by atoms with Gasteiger partial charge in [0.2, 0.25) is 0 Å². The molecule has 0 aromatic carbocycles. The van der Waals surface area contributed by atoms with Crippen molar-refractivity contribution in [3.63, 3.8) is 0 Å². The zero-order valence-corrected chi connectivity index (χ0v) is 9.04. The Morgan fingerprint density at radius 2 is 2.62 bits per heavy atom. The molecule has 0 fully saturated rings. The van der Waals surface area contributed by atoms with Crippen molar-refractivity contribution in [2.24, 2.45) is 5.16 Å². The first kappa shape index (κ1) is 10.5. The van der Waals surface area contributed by atoms with E-state index in [2.05, 4.69) is 21.1 Å². The lowest BCUT2D eigenvalue weighted by atomic mass is 10.3. The number of carbonyl (C=O) groups is 1. The summed E-state index contributed by atoms with van der Waals surface area (Å²) in [6, 6.07) is 0. The van der Waals surface area contributed by atoms with Crippen molar-refractivity contribution in [2.45, 2.75) is 32.3 Å². The van der Waals surface area contributed by atoms with Crippen LogP contribution in [0.15, 0.2) is 5.16 Å². The second kappa shape index (κ2) is 5.21. The Labute approximate surface area is 85.4 Å². The molecule has 1 rings (SSSR count). The van der Waals surface area contributed by atoms with Crippen LogP contribution in [0.25, 0.3) is 0 Å². The van der Waals surface area contributed by atoms with Crippen molar-refractivity contribution in [3.8, 4) is 0 Å². The molecule has 0 amide bonds. The average Bonchev–Trinajstić information content (AvgIpc) is 2.49. The van der Waals surface area contributed by atoms with Crippen molar-refractivity contribution in [3.05, 3.63) is 0 Å². The molecule has 0 saturated heterocycles. The van der Waals surface area contributed by atoms with Gasteiger partial charge in [-0.15, -0.1) is 0 Å². The Hall–Kier alpha value is -0.580. The van der Waals surface area contributed by atoms with Gasteiger partial charge < -0.3 is 9.57 Å². The Balaban J connectivity index is 2.10. The molecule has 0 aromatic rings. The van der Waals surface area contributed by atoms with Gasteiger partial charge in [0.05, 0.1) is 0 Å². The van der Waals surface area contributed by atoms with Gasteiger partial charge in [-0.2, -0.15) is 0 Å². The maximum absolute atomic E-state index is 11.0. The summed E-state index contributed by atoms with van der Waals surface area (Å²) in [7, 11) is 0. The van der Waals surface area contributed by atoms with E-state index in [0.29, 0.717) is 12.8 Å². The first-order valence-electron chi connectivity index (χ1n) is 4.26. The topological polar surface area (TPSA) is 47.9 Å². The normalized spacial score (nSPS) is 20.8. The molecule has 5 heteroatoms. The van der Waals surface area contributed by atoms with E-state index in [1.165, 1.54) is 0 Å². The van der Waals surface area contributed by atoms with E-state index in [1.54, 1.807) is 0 Å². The molecule has 0 N–H and O–H groups in total. The fourth-order valence-electron chi connectivity index (χ4n) is 0.946. The molecule has 74 valence electrons. The van der Waals surface area contributed by atoms with Gasteiger partial charge in [0, 0.05) is 12.8 Å². The Kier molecular flexibility index (Phi) is 4.21. The molecule has 1 heterocycles. The van der Waals surface area contributed by atoms with Gasteiger partial charge in [0.25, 0.3) is 0 Å². The minimum atomic E-state index is -0.172. The Morgan fingerprint density at radius 3 is 3.15 bits per heavy atom. The smallest absolute Gasteiger partial charge is 0.305 e. The third kappa shape index (κ3) is 3.76. The summed E-state index contributed by atoms with van der Waals surface area (Å²) in [5.41, 5.74) is 0. The lowest BCUT2D eigenvalue weighted by Gasteiger charge is -2.08. The molecular weight excluding hydrogens is 238 g/mol. The quantitative estimate of drug-likeness (QED) is 0.715. The van der Waals surface area contributed by atoms with Gasteiger partial charge in [0.1, 0.15) is 11.2 Å². The number of hydrogen-bond donors (Lipinski definition) is 0. The number of halogens is 1. The summed E-state index contributed by atoms with van der Waals surface area (Å²) in [5.74, 6) is -0.172. The molecule has 0 aromatic heterocycles. The van der Waals surface area contributed by atoms with Gasteiger partial charge >= 0.3 is 5.97 Å². The monoisotopic (exact) mass is 249 g/mol. The van der Waals surface area contributed by atoms with E-state index in [9.17, 15) is 4.79 Å². The number of nitrogens with zero attached hydrogens (tertiary/aromatic N) is 1.